The summed E-state index contributed by atoms with van der Waals surface area (Å²) in [5, 5.41) is 0. The van der Waals surface area contributed by atoms with Crippen LogP contribution >= 0.6 is 0 Å². The maximum atomic E-state index is 14.3. The standard InChI is InChI=1S/C18H20FN/c1-11-7-12(2)17(16(19)8-11)18(20)15-9-13-5-3-4-6-14(13)10-15/h3-8,15,18H,9-10,20H2,1-2H3. The van der Waals surface area contributed by atoms with Crippen molar-refractivity contribution < 1.29 is 4.39 Å². The fourth-order valence-electron chi connectivity index (χ4n) is 3.43. The molecule has 0 fully saturated rings. The Morgan fingerprint density at radius 2 is 1.70 bits per heavy atom. The lowest BCUT2D eigenvalue weighted by molar-refractivity contribution is 0.434. The van der Waals surface area contributed by atoms with Crippen LogP contribution in [0.25, 0.3) is 0 Å². The zero-order valence-corrected chi connectivity index (χ0v) is 12.0. The molecule has 1 atom stereocenters. The monoisotopic (exact) mass is 269 g/mol. The van der Waals surface area contributed by atoms with Crippen molar-refractivity contribution in [2.45, 2.75) is 32.7 Å². The van der Waals surface area contributed by atoms with Crippen LogP contribution < -0.4 is 5.73 Å². The van der Waals surface area contributed by atoms with Crippen molar-refractivity contribution in [3.05, 3.63) is 70.0 Å². The first-order chi connectivity index (χ1) is 9.56. The van der Waals surface area contributed by atoms with E-state index in [0.29, 0.717) is 11.5 Å². The van der Waals surface area contributed by atoms with Gasteiger partial charge in [0.05, 0.1) is 0 Å². The molecular weight excluding hydrogens is 249 g/mol. The number of aryl methyl sites for hydroxylation is 2. The van der Waals surface area contributed by atoms with Gasteiger partial charge in [-0.15, -0.1) is 0 Å². The Morgan fingerprint density at radius 1 is 1.10 bits per heavy atom. The van der Waals surface area contributed by atoms with Gasteiger partial charge in [-0.25, -0.2) is 4.39 Å². The van der Waals surface area contributed by atoms with E-state index < -0.39 is 0 Å². The van der Waals surface area contributed by atoms with Gasteiger partial charge in [-0.2, -0.15) is 0 Å². The number of halogens is 1. The smallest absolute Gasteiger partial charge is 0.128 e. The number of benzene rings is 2. The van der Waals surface area contributed by atoms with E-state index in [4.69, 9.17) is 5.73 Å². The molecule has 2 N–H and O–H groups in total. The van der Waals surface area contributed by atoms with Crippen molar-refractivity contribution >= 4 is 0 Å². The minimum Gasteiger partial charge on any atom is -0.324 e. The van der Waals surface area contributed by atoms with E-state index in [9.17, 15) is 4.39 Å². The highest BCUT2D eigenvalue weighted by Gasteiger charge is 2.29. The van der Waals surface area contributed by atoms with Crippen LogP contribution in [0.3, 0.4) is 0 Å². The van der Waals surface area contributed by atoms with Gasteiger partial charge in [0.25, 0.3) is 0 Å². The third kappa shape index (κ3) is 2.25. The minimum absolute atomic E-state index is 0.161. The normalized spacial score (nSPS) is 16.2. The SMILES string of the molecule is Cc1cc(C)c(C(N)C2Cc3ccccc3C2)c(F)c1. The number of hydrogen-bond donors (Lipinski definition) is 1. The van der Waals surface area contributed by atoms with Crippen LogP contribution in [0.15, 0.2) is 36.4 Å². The molecule has 2 heteroatoms. The zero-order valence-electron chi connectivity index (χ0n) is 12.0. The predicted octanol–water partition coefficient (Wildman–Crippen LogP) is 3.86. The first kappa shape index (κ1) is 13.3. The van der Waals surface area contributed by atoms with E-state index in [2.05, 4.69) is 24.3 Å². The lowest BCUT2D eigenvalue weighted by atomic mass is 9.88. The molecular formula is C18H20FN. The van der Waals surface area contributed by atoms with E-state index in [-0.39, 0.29) is 11.9 Å². The molecule has 0 saturated heterocycles. The second-order valence-electron chi connectivity index (χ2n) is 5.94. The van der Waals surface area contributed by atoms with Crippen molar-refractivity contribution in [2.24, 2.45) is 11.7 Å². The second kappa shape index (κ2) is 5.02. The highest BCUT2D eigenvalue weighted by molar-refractivity contribution is 5.38. The quantitative estimate of drug-likeness (QED) is 0.880. The Kier molecular flexibility index (Phi) is 3.35. The molecule has 1 aliphatic carbocycles. The molecule has 0 heterocycles. The molecule has 104 valence electrons. The molecule has 0 amide bonds. The summed E-state index contributed by atoms with van der Waals surface area (Å²) in [4.78, 5) is 0. The summed E-state index contributed by atoms with van der Waals surface area (Å²) in [6, 6.07) is 11.8. The molecule has 20 heavy (non-hydrogen) atoms. The van der Waals surface area contributed by atoms with Crippen LogP contribution in [0.1, 0.15) is 33.9 Å². The molecule has 2 aromatic carbocycles. The molecule has 1 aliphatic rings. The summed E-state index contributed by atoms with van der Waals surface area (Å²) in [5.74, 6) is 0.134. The third-order valence-electron chi connectivity index (χ3n) is 4.40. The largest absolute Gasteiger partial charge is 0.324 e. The Labute approximate surface area is 119 Å². The van der Waals surface area contributed by atoms with Crippen LogP contribution in [0.5, 0.6) is 0 Å². The van der Waals surface area contributed by atoms with Crippen LogP contribution in [0.2, 0.25) is 0 Å². The lowest BCUT2D eigenvalue weighted by Gasteiger charge is -2.22. The van der Waals surface area contributed by atoms with Crippen LogP contribution in [0.4, 0.5) is 4.39 Å². The maximum absolute atomic E-state index is 14.3. The third-order valence-corrected chi connectivity index (χ3v) is 4.40. The van der Waals surface area contributed by atoms with Gasteiger partial charge in [0.15, 0.2) is 0 Å². The number of fused-ring (bicyclic) bond motifs is 1. The van der Waals surface area contributed by atoms with E-state index >= 15 is 0 Å². The summed E-state index contributed by atoms with van der Waals surface area (Å²) in [5.41, 5.74) is 11.7. The molecule has 1 nitrogen and oxygen atoms in total. The number of nitrogens with two attached hydrogens (primary N) is 1. The Bertz CT molecular complexity index is 600. The summed E-state index contributed by atoms with van der Waals surface area (Å²) >= 11 is 0. The summed E-state index contributed by atoms with van der Waals surface area (Å²) in [6.07, 6.45) is 1.90. The molecule has 0 radical (unpaired) electrons. The minimum atomic E-state index is -0.233. The highest BCUT2D eigenvalue weighted by atomic mass is 19.1. The molecule has 0 spiro atoms. The summed E-state index contributed by atoms with van der Waals surface area (Å²) in [6.45, 7) is 3.87. The zero-order chi connectivity index (χ0) is 14.3. The molecule has 0 aliphatic heterocycles. The summed E-state index contributed by atoms with van der Waals surface area (Å²) < 4.78 is 14.3. The Hall–Kier alpha value is -1.67. The van der Waals surface area contributed by atoms with Crippen LogP contribution in [-0.4, -0.2) is 0 Å². The lowest BCUT2D eigenvalue weighted by Crippen LogP contribution is -2.24. The maximum Gasteiger partial charge on any atom is 0.128 e. The second-order valence-corrected chi connectivity index (χ2v) is 5.94. The van der Waals surface area contributed by atoms with Crippen LogP contribution in [0, 0.1) is 25.6 Å². The van der Waals surface area contributed by atoms with Crippen molar-refractivity contribution in [2.75, 3.05) is 0 Å². The molecule has 0 bridgehead atoms. The number of rotatable bonds is 2. The Morgan fingerprint density at radius 3 is 2.25 bits per heavy atom. The highest BCUT2D eigenvalue weighted by Crippen LogP contribution is 2.36. The topological polar surface area (TPSA) is 26.0 Å². The van der Waals surface area contributed by atoms with Crippen molar-refractivity contribution in [1.29, 1.82) is 0 Å². The van der Waals surface area contributed by atoms with E-state index in [1.807, 2.05) is 19.9 Å². The van der Waals surface area contributed by atoms with Crippen LogP contribution in [-0.2, 0) is 12.8 Å². The van der Waals surface area contributed by atoms with Crippen molar-refractivity contribution in [3.8, 4) is 0 Å². The van der Waals surface area contributed by atoms with Gasteiger partial charge in [0.1, 0.15) is 5.82 Å². The van der Waals surface area contributed by atoms with Gasteiger partial charge in [0, 0.05) is 11.6 Å². The van der Waals surface area contributed by atoms with Crippen molar-refractivity contribution in [3.63, 3.8) is 0 Å². The van der Waals surface area contributed by atoms with Gasteiger partial charge < -0.3 is 5.73 Å². The fourth-order valence-corrected chi connectivity index (χ4v) is 3.43. The molecule has 3 rings (SSSR count). The van der Waals surface area contributed by atoms with Crippen molar-refractivity contribution in [1.82, 2.24) is 0 Å². The van der Waals surface area contributed by atoms with E-state index in [1.54, 1.807) is 6.07 Å². The van der Waals surface area contributed by atoms with E-state index in [1.165, 1.54) is 11.1 Å². The molecule has 1 unspecified atom stereocenters. The van der Waals surface area contributed by atoms with E-state index in [0.717, 1.165) is 24.0 Å². The first-order valence-corrected chi connectivity index (χ1v) is 7.15. The average Bonchev–Trinajstić information content (AvgIpc) is 2.81. The Balaban J connectivity index is 1.90. The molecule has 0 saturated carbocycles. The van der Waals surface area contributed by atoms with Gasteiger partial charge in [0.2, 0.25) is 0 Å². The van der Waals surface area contributed by atoms with Gasteiger partial charge in [-0.05, 0) is 60.9 Å². The predicted molar refractivity (Wildman–Crippen MR) is 80.1 cm³/mol. The molecule has 2 aromatic rings. The summed E-state index contributed by atoms with van der Waals surface area (Å²) in [7, 11) is 0. The van der Waals surface area contributed by atoms with Gasteiger partial charge in [-0.1, -0.05) is 30.3 Å². The number of hydrogen-bond acceptors (Lipinski definition) is 1. The first-order valence-electron chi connectivity index (χ1n) is 7.15. The average molecular weight is 269 g/mol. The molecule has 0 aromatic heterocycles. The van der Waals surface area contributed by atoms with Gasteiger partial charge in [-0.3, -0.25) is 0 Å². The fraction of sp³-hybridized carbons (Fsp3) is 0.333. The van der Waals surface area contributed by atoms with Gasteiger partial charge >= 0.3 is 0 Å².